The summed E-state index contributed by atoms with van der Waals surface area (Å²) in [5.41, 5.74) is 4.69. The Bertz CT molecular complexity index is 1090. The van der Waals surface area contributed by atoms with Gasteiger partial charge in [-0.25, -0.2) is 4.98 Å². The van der Waals surface area contributed by atoms with Crippen LogP contribution in [0.5, 0.6) is 0 Å². The number of fused-ring (bicyclic) bond motifs is 6. The number of ketones is 1. The van der Waals surface area contributed by atoms with E-state index in [2.05, 4.69) is 21.8 Å². The lowest BCUT2D eigenvalue weighted by atomic mass is 10.0. The molecule has 3 heterocycles. The maximum Gasteiger partial charge on any atom is 0.171 e. The van der Waals surface area contributed by atoms with Gasteiger partial charge in [-0.15, -0.1) is 10.2 Å². The molecule has 0 spiro atoms. The Morgan fingerprint density at radius 2 is 2.09 bits per heavy atom. The van der Waals surface area contributed by atoms with Gasteiger partial charge >= 0.3 is 0 Å². The number of aromatic nitrogens is 5. The number of carbonyl (C=O) groups excluding carboxylic acids is 1. The van der Waals surface area contributed by atoms with Crippen molar-refractivity contribution in [2.75, 3.05) is 0 Å². The molecule has 108 valence electrons. The highest BCUT2D eigenvalue weighted by Crippen LogP contribution is 2.28. The van der Waals surface area contributed by atoms with Gasteiger partial charge in [0.2, 0.25) is 0 Å². The molecular formula is C16H13N5O. The van der Waals surface area contributed by atoms with E-state index in [1.165, 1.54) is 0 Å². The Morgan fingerprint density at radius 1 is 1.27 bits per heavy atom. The lowest BCUT2D eigenvalue weighted by molar-refractivity contribution is 0.101. The molecule has 0 saturated heterocycles. The topological polar surface area (TPSA) is 64.6 Å². The molecule has 0 aliphatic carbocycles. The third-order valence-corrected chi connectivity index (χ3v) is 3.85. The summed E-state index contributed by atoms with van der Waals surface area (Å²) in [6.45, 7) is 7.33. The van der Waals surface area contributed by atoms with Crippen LogP contribution in [0.1, 0.15) is 28.5 Å². The molecule has 0 N–H and O–H groups in total. The second-order valence-corrected chi connectivity index (χ2v) is 5.32. The second-order valence-electron chi connectivity index (χ2n) is 5.32. The summed E-state index contributed by atoms with van der Waals surface area (Å²) in [5, 5.41) is 9.11. The van der Waals surface area contributed by atoms with E-state index < -0.39 is 0 Å². The summed E-state index contributed by atoms with van der Waals surface area (Å²) in [5.74, 6) is 0.00715. The van der Waals surface area contributed by atoms with Gasteiger partial charge in [0.15, 0.2) is 17.1 Å². The van der Waals surface area contributed by atoms with Gasteiger partial charge in [-0.1, -0.05) is 6.58 Å². The van der Waals surface area contributed by atoms with Crippen LogP contribution in [-0.4, -0.2) is 29.8 Å². The maximum atomic E-state index is 12.1. The molecule has 3 aromatic heterocycles. The smallest absolute Gasteiger partial charge is 0.171 e. The molecule has 0 amide bonds. The summed E-state index contributed by atoms with van der Waals surface area (Å²) in [6, 6.07) is 3.91. The van der Waals surface area contributed by atoms with Crippen molar-refractivity contribution in [3.8, 4) is 0 Å². The van der Waals surface area contributed by atoms with Crippen molar-refractivity contribution in [3.05, 3.63) is 48.2 Å². The Hall–Kier alpha value is -3.02. The predicted octanol–water partition coefficient (Wildman–Crippen LogP) is 2.68. The van der Waals surface area contributed by atoms with E-state index in [9.17, 15) is 4.79 Å². The zero-order valence-electron chi connectivity index (χ0n) is 12.2. The van der Waals surface area contributed by atoms with Crippen LogP contribution in [0, 0.1) is 6.92 Å². The van der Waals surface area contributed by atoms with Gasteiger partial charge in [-0.3, -0.25) is 13.6 Å². The van der Waals surface area contributed by atoms with E-state index in [0.29, 0.717) is 11.2 Å². The van der Waals surface area contributed by atoms with Crippen LogP contribution < -0.4 is 0 Å². The minimum absolute atomic E-state index is 0.00715. The molecule has 0 saturated carbocycles. The highest BCUT2D eigenvalue weighted by molar-refractivity contribution is 6.09. The first-order valence-electron chi connectivity index (χ1n) is 6.88. The first-order valence-corrected chi connectivity index (χ1v) is 6.88. The monoisotopic (exact) mass is 291 g/mol. The molecule has 0 aliphatic heterocycles. The number of benzene rings is 1. The van der Waals surface area contributed by atoms with Gasteiger partial charge in [-0.05, 0) is 37.6 Å². The third-order valence-electron chi connectivity index (χ3n) is 3.85. The lowest BCUT2D eigenvalue weighted by Gasteiger charge is -2.10. The Labute approximate surface area is 125 Å². The average Bonchev–Trinajstić information content (AvgIpc) is 3.12. The highest BCUT2D eigenvalue weighted by Gasteiger charge is 2.18. The molecular weight excluding hydrogens is 278 g/mol. The van der Waals surface area contributed by atoms with Gasteiger partial charge < -0.3 is 0 Å². The van der Waals surface area contributed by atoms with E-state index in [1.54, 1.807) is 25.7 Å². The van der Waals surface area contributed by atoms with Gasteiger partial charge in [0, 0.05) is 10.9 Å². The number of Topliss-reactive ketones (excluding diaryl/α,β-unsaturated/α-hetero) is 1. The van der Waals surface area contributed by atoms with Crippen molar-refractivity contribution in [1.29, 1.82) is 0 Å². The van der Waals surface area contributed by atoms with Crippen LogP contribution >= 0.6 is 0 Å². The minimum atomic E-state index is 0.00715. The largest absolute Gasteiger partial charge is 0.294 e. The van der Waals surface area contributed by atoms with E-state index >= 15 is 0 Å². The van der Waals surface area contributed by atoms with Gasteiger partial charge in [-0.2, -0.15) is 0 Å². The van der Waals surface area contributed by atoms with Crippen molar-refractivity contribution < 1.29 is 4.79 Å². The molecule has 4 aromatic rings. The zero-order chi connectivity index (χ0) is 15.4. The van der Waals surface area contributed by atoms with E-state index in [1.807, 2.05) is 27.9 Å². The van der Waals surface area contributed by atoms with Gasteiger partial charge in [0.25, 0.3) is 0 Å². The van der Waals surface area contributed by atoms with Crippen molar-refractivity contribution in [1.82, 2.24) is 24.0 Å². The normalized spacial score (nSPS) is 11.5. The van der Waals surface area contributed by atoms with Crippen molar-refractivity contribution >= 4 is 34.1 Å². The molecule has 0 aliphatic rings. The highest BCUT2D eigenvalue weighted by atomic mass is 16.1. The van der Waals surface area contributed by atoms with E-state index in [4.69, 9.17) is 0 Å². The van der Waals surface area contributed by atoms with Gasteiger partial charge in [0.1, 0.15) is 18.3 Å². The number of nitrogens with zero attached hydrogens (tertiary/aromatic N) is 5. The number of rotatable bonds is 2. The van der Waals surface area contributed by atoms with Crippen LogP contribution in [0.25, 0.3) is 28.3 Å². The SMILES string of the molecule is C=Cc1ncn2c3c(C(C)=O)cc(C)cc3c3nncn3c12. The fourth-order valence-electron chi connectivity index (χ4n) is 2.95. The number of carbonyl (C=O) groups is 1. The number of hydrogen-bond acceptors (Lipinski definition) is 4. The lowest BCUT2D eigenvalue weighted by Crippen LogP contribution is -2.03. The predicted molar refractivity (Wildman–Crippen MR) is 84.1 cm³/mol. The van der Waals surface area contributed by atoms with Crippen molar-refractivity contribution in [2.24, 2.45) is 0 Å². The molecule has 0 radical (unpaired) electrons. The quantitative estimate of drug-likeness (QED) is 0.533. The molecule has 1 aromatic carbocycles. The zero-order valence-corrected chi connectivity index (χ0v) is 12.2. The molecule has 0 bridgehead atoms. The Morgan fingerprint density at radius 3 is 2.82 bits per heavy atom. The number of hydrogen-bond donors (Lipinski definition) is 0. The summed E-state index contributed by atoms with van der Waals surface area (Å²) >= 11 is 0. The third kappa shape index (κ3) is 1.49. The summed E-state index contributed by atoms with van der Waals surface area (Å²) in [4.78, 5) is 16.5. The van der Waals surface area contributed by atoms with Crippen molar-refractivity contribution in [3.63, 3.8) is 0 Å². The maximum absolute atomic E-state index is 12.1. The minimum Gasteiger partial charge on any atom is -0.294 e. The molecule has 6 nitrogen and oxygen atoms in total. The van der Waals surface area contributed by atoms with Gasteiger partial charge in [0.05, 0.1) is 5.52 Å². The molecule has 22 heavy (non-hydrogen) atoms. The second kappa shape index (κ2) is 4.24. The van der Waals surface area contributed by atoms with Crippen LogP contribution in [0.2, 0.25) is 0 Å². The van der Waals surface area contributed by atoms with E-state index in [-0.39, 0.29) is 5.78 Å². The average molecular weight is 291 g/mol. The molecule has 6 heteroatoms. The molecule has 0 unspecified atom stereocenters. The van der Waals surface area contributed by atoms with E-state index in [0.717, 1.165) is 27.8 Å². The molecule has 4 rings (SSSR count). The number of imidazole rings is 1. The van der Waals surface area contributed by atoms with Crippen LogP contribution in [0.15, 0.2) is 31.4 Å². The van der Waals surface area contributed by atoms with Crippen LogP contribution in [0.4, 0.5) is 0 Å². The van der Waals surface area contributed by atoms with Crippen molar-refractivity contribution in [2.45, 2.75) is 13.8 Å². The fourth-order valence-corrected chi connectivity index (χ4v) is 2.95. The molecule has 0 fully saturated rings. The fraction of sp³-hybridized carbons (Fsp3) is 0.125. The summed E-state index contributed by atoms with van der Waals surface area (Å²) in [6.07, 6.45) is 5.03. The van der Waals surface area contributed by atoms with Crippen LogP contribution in [0.3, 0.4) is 0 Å². The Balaban J connectivity index is 2.42. The van der Waals surface area contributed by atoms with Crippen LogP contribution in [-0.2, 0) is 0 Å². The number of aryl methyl sites for hydroxylation is 1. The first kappa shape index (κ1) is 12.7. The molecule has 0 atom stereocenters. The Kier molecular flexibility index (Phi) is 2.45. The standard InChI is InChI=1S/C16H13N5O/c1-4-13-16-20(7-17-13)14-11(10(3)22)5-9(2)6-12(14)15-19-18-8-21(15)16/h4-8H,1H2,2-3H3. The summed E-state index contributed by atoms with van der Waals surface area (Å²) in [7, 11) is 0. The first-order chi connectivity index (χ1) is 10.6. The summed E-state index contributed by atoms with van der Waals surface area (Å²) < 4.78 is 3.77.